The molecule has 0 saturated heterocycles. The summed E-state index contributed by atoms with van der Waals surface area (Å²) in [7, 11) is 0. The highest BCUT2D eigenvalue weighted by atomic mass is 16.2. The number of fused-ring (bicyclic) bond motifs is 1. The van der Waals surface area contributed by atoms with E-state index in [0.717, 1.165) is 30.5 Å². The highest BCUT2D eigenvalue weighted by Crippen LogP contribution is 2.39. The van der Waals surface area contributed by atoms with Crippen molar-refractivity contribution in [2.45, 2.75) is 78.2 Å². The third-order valence-electron chi connectivity index (χ3n) is 6.96. The Kier molecular flexibility index (Phi) is 6.84. The van der Waals surface area contributed by atoms with Gasteiger partial charge in [0, 0.05) is 23.4 Å². The number of hydrogen-bond acceptors (Lipinski definition) is 4. The van der Waals surface area contributed by atoms with Crippen LogP contribution in [0.4, 0.5) is 5.69 Å². The predicted molar refractivity (Wildman–Crippen MR) is 134 cm³/mol. The summed E-state index contributed by atoms with van der Waals surface area (Å²) in [5.41, 5.74) is 3.52. The van der Waals surface area contributed by atoms with E-state index in [9.17, 15) is 14.4 Å². The number of carbonyl (C=O) groups excluding carboxylic acids is 3. The molecule has 7 heteroatoms. The average molecular weight is 475 g/mol. The van der Waals surface area contributed by atoms with E-state index in [4.69, 9.17) is 5.26 Å². The molecule has 184 valence electrons. The number of rotatable bonds is 8. The maximum Gasteiger partial charge on any atom is 0.268 e. The van der Waals surface area contributed by atoms with Gasteiger partial charge in [-0.15, -0.1) is 0 Å². The highest BCUT2D eigenvalue weighted by molar-refractivity contribution is 6.06. The first-order valence-electron chi connectivity index (χ1n) is 12.5. The molecule has 0 unspecified atom stereocenters. The van der Waals surface area contributed by atoms with Crippen LogP contribution in [0.1, 0.15) is 103 Å². The van der Waals surface area contributed by atoms with Crippen LogP contribution in [0.25, 0.3) is 0 Å². The third-order valence-corrected chi connectivity index (χ3v) is 6.96. The third kappa shape index (κ3) is 5.64. The smallest absolute Gasteiger partial charge is 0.268 e. The second kappa shape index (κ2) is 9.69. The Labute approximate surface area is 206 Å². The van der Waals surface area contributed by atoms with Gasteiger partial charge >= 0.3 is 0 Å². The zero-order chi connectivity index (χ0) is 25.3. The van der Waals surface area contributed by atoms with Crippen molar-refractivity contribution in [3.8, 4) is 6.07 Å². The molecule has 0 aliphatic heterocycles. The Morgan fingerprint density at radius 3 is 2.46 bits per heavy atom. The van der Waals surface area contributed by atoms with Gasteiger partial charge in [-0.2, -0.15) is 5.26 Å². The first-order valence-corrected chi connectivity index (χ1v) is 12.5. The second-order valence-corrected chi connectivity index (χ2v) is 11.1. The predicted octanol–water partition coefficient (Wildman–Crippen LogP) is 5.09. The Hall–Kier alpha value is -3.40. The molecule has 1 saturated carbocycles. The maximum absolute atomic E-state index is 13.5. The number of aromatic amines is 1. The van der Waals surface area contributed by atoms with E-state index < -0.39 is 6.04 Å². The second-order valence-electron chi connectivity index (χ2n) is 11.1. The lowest BCUT2D eigenvalue weighted by Crippen LogP contribution is -2.44. The van der Waals surface area contributed by atoms with Crippen LogP contribution >= 0.6 is 0 Å². The zero-order valence-corrected chi connectivity index (χ0v) is 21.0. The van der Waals surface area contributed by atoms with Crippen LogP contribution in [0.2, 0.25) is 0 Å². The quantitative estimate of drug-likeness (QED) is 0.494. The Morgan fingerprint density at radius 1 is 1.17 bits per heavy atom. The van der Waals surface area contributed by atoms with Gasteiger partial charge in [-0.3, -0.25) is 14.4 Å². The summed E-state index contributed by atoms with van der Waals surface area (Å²) in [6.07, 6.45) is 4.90. The number of Topliss-reactive ketones (excluding diaryl/α,β-unsaturated/α-hetero) is 1. The lowest BCUT2D eigenvalue weighted by Gasteiger charge is -2.28. The molecule has 0 bridgehead atoms. The fraction of sp³-hybridized carbons (Fsp3) is 0.500. The SMILES string of the molecule is CC(C)c1c(C(=O)N[C@@H](CCC2CC2)C(=O)Nc2ccc(C#N)cc2)[nH]c2c1C(=O)CC(C)(C)C2. The molecule has 2 amide bonds. The largest absolute Gasteiger partial charge is 0.354 e. The maximum atomic E-state index is 13.5. The number of ketones is 1. The zero-order valence-electron chi connectivity index (χ0n) is 21.0. The minimum atomic E-state index is -0.703. The molecule has 2 aromatic rings. The van der Waals surface area contributed by atoms with E-state index in [0.29, 0.717) is 47.7 Å². The van der Waals surface area contributed by atoms with Gasteiger partial charge < -0.3 is 15.6 Å². The Morgan fingerprint density at radius 2 is 1.86 bits per heavy atom. The van der Waals surface area contributed by atoms with E-state index in [1.54, 1.807) is 24.3 Å². The summed E-state index contributed by atoms with van der Waals surface area (Å²) in [6.45, 7) is 8.08. The van der Waals surface area contributed by atoms with Crippen LogP contribution in [0.15, 0.2) is 24.3 Å². The van der Waals surface area contributed by atoms with Gasteiger partial charge in [0.2, 0.25) is 5.91 Å². The van der Waals surface area contributed by atoms with Crippen LogP contribution in [-0.2, 0) is 11.2 Å². The normalized spacial score (nSPS) is 17.4. The molecule has 4 rings (SSSR count). The number of benzene rings is 1. The summed E-state index contributed by atoms with van der Waals surface area (Å²) in [5, 5.41) is 14.8. The van der Waals surface area contributed by atoms with E-state index in [-0.39, 0.29) is 28.9 Å². The van der Waals surface area contributed by atoms with Crippen LogP contribution in [0.5, 0.6) is 0 Å². The van der Waals surface area contributed by atoms with Crippen molar-refractivity contribution in [3.05, 3.63) is 52.3 Å². The van der Waals surface area contributed by atoms with Gasteiger partial charge in [0.1, 0.15) is 11.7 Å². The molecule has 0 radical (unpaired) electrons. The van der Waals surface area contributed by atoms with Gasteiger partial charge in [-0.25, -0.2) is 0 Å². The Bertz CT molecular complexity index is 1180. The summed E-state index contributed by atoms with van der Waals surface area (Å²) in [5.74, 6) is 0.0196. The lowest BCUT2D eigenvalue weighted by atomic mass is 9.74. The summed E-state index contributed by atoms with van der Waals surface area (Å²) < 4.78 is 0. The highest BCUT2D eigenvalue weighted by Gasteiger charge is 2.37. The molecule has 35 heavy (non-hydrogen) atoms. The minimum Gasteiger partial charge on any atom is -0.354 e. The fourth-order valence-electron chi connectivity index (χ4n) is 5.01. The van der Waals surface area contributed by atoms with Crippen molar-refractivity contribution < 1.29 is 14.4 Å². The van der Waals surface area contributed by atoms with Crippen LogP contribution in [-0.4, -0.2) is 28.6 Å². The monoisotopic (exact) mass is 474 g/mol. The average Bonchev–Trinajstić information content (AvgIpc) is 3.54. The van der Waals surface area contributed by atoms with Crippen molar-refractivity contribution >= 4 is 23.3 Å². The number of hydrogen-bond donors (Lipinski definition) is 3. The van der Waals surface area contributed by atoms with Crippen molar-refractivity contribution in [1.29, 1.82) is 5.26 Å². The van der Waals surface area contributed by atoms with E-state index in [1.165, 1.54) is 0 Å². The number of nitrogens with zero attached hydrogens (tertiary/aromatic N) is 1. The van der Waals surface area contributed by atoms with Gasteiger partial charge in [0.15, 0.2) is 5.78 Å². The number of aromatic nitrogens is 1. The molecule has 1 heterocycles. The van der Waals surface area contributed by atoms with E-state index in [2.05, 4.69) is 35.5 Å². The topological polar surface area (TPSA) is 115 Å². The summed E-state index contributed by atoms with van der Waals surface area (Å²) in [6, 6.07) is 8.00. The standard InChI is InChI=1S/C28H34N4O3/c1-16(2)23-24-21(13-28(3,4)14-22(24)33)31-25(23)27(35)32-20(12-9-17-5-6-17)26(34)30-19-10-7-18(15-29)8-11-19/h7-8,10-11,16-17,20,31H,5-6,9,12-14H2,1-4H3,(H,30,34)(H,32,35)/t20-/m0/s1. The Balaban J connectivity index is 1.57. The number of nitrogens with one attached hydrogen (secondary N) is 3. The van der Waals surface area contributed by atoms with Crippen LogP contribution in [0, 0.1) is 22.7 Å². The first-order chi connectivity index (χ1) is 16.6. The first kappa shape index (κ1) is 24.7. The minimum absolute atomic E-state index is 0.0155. The van der Waals surface area contributed by atoms with Crippen molar-refractivity contribution in [2.75, 3.05) is 5.32 Å². The van der Waals surface area contributed by atoms with Gasteiger partial charge in [-0.05, 0) is 66.3 Å². The molecular formula is C28H34N4O3. The molecular weight excluding hydrogens is 440 g/mol. The van der Waals surface area contributed by atoms with Gasteiger partial charge in [-0.1, -0.05) is 40.5 Å². The fourth-order valence-corrected chi connectivity index (χ4v) is 5.01. The van der Waals surface area contributed by atoms with Crippen molar-refractivity contribution in [2.24, 2.45) is 11.3 Å². The van der Waals surface area contributed by atoms with Gasteiger partial charge in [0.05, 0.1) is 11.6 Å². The van der Waals surface area contributed by atoms with Gasteiger partial charge in [0.25, 0.3) is 5.91 Å². The van der Waals surface area contributed by atoms with Crippen molar-refractivity contribution in [1.82, 2.24) is 10.3 Å². The summed E-state index contributed by atoms with van der Waals surface area (Å²) >= 11 is 0. The molecule has 1 atom stereocenters. The number of carbonyl (C=O) groups is 3. The van der Waals surface area contributed by atoms with E-state index in [1.807, 2.05) is 13.8 Å². The van der Waals surface area contributed by atoms with Crippen LogP contribution < -0.4 is 10.6 Å². The molecule has 0 spiro atoms. The molecule has 2 aliphatic rings. The number of anilines is 1. The molecule has 1 fully saturated rings. The van der Waals surface area contributed by atoms with Crippen molar-refractivity contribution in [3.63, 3.8) is 0 Å². The molecule has 7 nitrogen and oxygen atoms in total. The van der Waals surface area contributed by atoms with E-state index >= 15 is 0 Å². The number of H-pyrrole nitrogens is 1. The number of nitriles is 1. The molecule has 2 aliphatic carbocycles. The summed E-state index contributed by atoms with van der Waals surface area (Å²) in [4.78, 5) is 42.9. The molecule has 1 aromatic carbocycles. The lowest BCUT2D eigenvalue weighted by molar-refractivity contribution is -0.118. The van der Waals surface area contributed by atoms with Crippen LogP contribution in [0.3, 0.4) is 0 Å². The number of amides is 2. The molecule has 3 N–H and O–H groups in total. The molecule has 1 aromatic heterocycles.